The Morgan fingerprint density at radius 3 is 2.68 bits per heavy atom. The molecule has 0 aliphatic carbocycles. The topological polar surface area (TPSA) is 64.4 Å². The van der Waals surface area contributed by atoms with Gasteiger partial charge in [-0.1, -0.05) is 12.1 Å². The smallest absolute Gasteiger partial charge is 0.251 e. The fraction of sp³-hybridized carbons (Fsp3) is 0.500. The molecule has 1 amide bonds. The molecule has 1 fully saturated rings. The summed E-state index contributed by atoms with van der Waals surface area (Å²) < 4.78 is 5.38. The summed E-state index contributed by atoms with van der Waals surface area (Å²) >= 11 is 0. The molecule has 106 valence electrons. The van der Waals surface area contributed by atoms with Crippen LogP contribution in [0.2, 0.25) is 0 Å². The average molecular weight is 285 g/mol. The third-order valence-corrected chi connectivity index (χ3v) is 3.24. The number of amides is 1. The van der Waals surface area contributed by atoms with E-state index in [9.17, 15) is 4.79 Å². The van der Waals surface area contributed by atoms with Crippen LogP contribution in [0.5, 0.6) is 0 Å². The molecule has 0 spiro atoms. The highest BCUT2D eigenvalue weighted by molar-refractivity contribution is 5.94. The molecule has 1 atom stereocenters. The summed E-state index contributed by atoms with van der Waals surface area (Å²) in [5.41, 5.74) is 7.26. The first kappa shape index (κ1) is 16.0. The van der Waals surface area contributed by atoms with Gasteiger partial charge < -0.3 is 15.8 Å². The predicted octanol–water partition coefficient (Wildman–Crippen LogP) is 1.87. The highest BCUT2D eigenvalue weighted by Gasteiger charge is 2.15. The fourth-order valence-corrected chi connectivity index (χ4v) is 2.11. The highest BCUT2D eigenvalue weighted by Crippen LogP contribution is 2.10. The van der Waals surface area contributed by atoms with Gasteiger partial charge in [-0.25, -0.2) is 0 Å². The third-order valence-electron chi connectivity index (χ3n) is 3.24. The van der Waals surface area contributed by atoms with Crippen molar-refractivity contribution in [2.24, 2.45) is 5.73 Å². The highest BCUT2D eigenvalue weighted by atomic mass is 35.5. The van der Waals surface area contributed by atoms with E-state index in [-0.39, 0.29) is 24.4 Å². The zero-order valence-corrected chi connectivity index (χ0v) is 11.7. The number of benzene rings is 1. The third kappa shape index (κ3) is 4.82. The first-order chi connectivity index (χ1) is 8.79. The van der Waals surface area contributed by atoms with Crippen LogP contribution in [0.25, 0.3) is 0 Å². The van der Waals surface area contributed by atoms with Crippen LogP contribution in [0.3, 0.4) is 0 Å². The van der Waals surface area contributed by atoms with Crippen LogP contribution >= 0.6 is 12.4 Å². The maximum Gasteiger partial charge on any atom is 0.251 e. The molecule has 19 heavy (non-hydrogen) atoms. The van der Waals surface area contributed by atoms with E-state index in [1.807, 2.05) is 24.3 Å². The van der Waals surface area contributed by atoms with E-state index in [1.54, 1.807) is 0 Å². The van der Waals surface area contributed by atoms with Gasteiger partial charge in [0.25, 0.3) is 5.91 Å². The van der Waals surface area contributed by atoms with Crippen LogP contribution in [-0.4, -0.2) is 25.2 Å². The lowest BCUT2D eigenvalue weighted by atomic mass is 10.1. The van der Waals surface area contributed by atoms with Gasteiger partial charge in [-0.05, 0) is 37.0 Å². The number of hydrogen-bond acceptors (Lipinski definition) is 3. The van der Waals surface area contributed by atoms with E-state index >= 15 is 0 Å². The lowest BCUT2D eigenvalue weighted by Gasteiger charge is -2.15. The van der Waals surface area contributed by atoms with Gasteiger partial charge in [0.05, 0.1) is 0 Å². The van der Waals surface area contributed by atoms with E-state index < -0.39 is 0 Å². The molecule has 2 rings (SSSR count). The molecule has 0 saturated carbocycles. The second-order valence-electron chi connectivity index (χ2n) is 4.61. The number of halogens is 1. The molecular formula is C14H21ClN2O2. The molecule has 4 nitrogen and oxygen atoms in total. The Morgan fingerprint density at radius 1 is 1.26 bits per heavy atom. The van der Waals surface area contributed by atoms with Crippen LogP contribution < -0.4 is 11.1 Å². The Balaban J connectivity index is 0.00000180. The maximum absolute atomic E-state index is 12.0. The summed E-state index contributed by atoms with van der Waals surface area (Å²) in [6, 6.07) is 7.67. The van der Waals surface area contributed by atoms with Crippen LogP contribution in [0, 0.1) is 0 Å². The van der Waals surface area contributed by atoms with Gasteiger partial charge in [0, 0.05) is 31.4 Å². The summed E-state index contributed by atoms with van der Waals surface area (Å²) in [6.45, 7) is 2.04. The number of ether oxygens (including phenoxy) is 1. The summed E-state index contributed by atoms with van der Waals surface area (Å²) in [5, 5.41) is 3.06. The standard InChI is InChI=1S/C14H20N2O2.ClH/c15-10-11-3-5-12(6-4-11)14(17)16-13-2-1-8-18-9-7-13;/h3-6,13H,1-2,7-10,15H2,(H,16,17);1H. The lowest BCUT2D eigenvalue weighted by Crippen LogP contribution is -2.34. The van der Waals surface area contributed by atoms with Crippen LogP contribution in [0.4, 0.5) is 0 Å². The largest absolute Gasteiger partial charge is 0.381 e. The quantitative estimate of drug-likeness (QED) is 0.890. The summed E-state index contributed by atoms with van der Waals surface area (Å²) in [7, 11) is 0. The lowest BCUT2D eigenvalue weighted by molar-refractivity contribution is 0.0929. The van der Waals surface area contributed by atoms with E-state index in [0.29, 0.717) is 12.1 Å². The number of nitrogens with one attached hydrogen (secondary N) is 1. The van der Waals surface area contributed by atoms with Crippen molar-refractivity contribution in [2.45, 2.75) is 31.8 Å². The van der Waals surface area contributed by atoms with Crippen molar-refractivity contribution in [3.63, 3.8) is 0 Å². The molecule has 3 N–H and O–H groups in total. The molecule has 1 heterocycles. The second kappa shape index (κ2) is 8.15. The molecule has 1 aromatic carbocycles. The minimum absolute atomic E-state index is 0. The number of hydrogen-bond donors (Lipinski definition) is 2. The van der Waals surface area contributed by atoms with Gasteiger partial charge >= 0.3 is 0 Å². The monoisotopic (exact) mass is 284 g/mol. The van der Waals surface area contributed by atoms with Crippen molar-refractivity contribution < 1.29 is 9.53 Å². The summed E-state index contributed by atoms with van der Waals surface area (Å²) in [5.74, 6) is -0.00882. The van der Waals surface area contributed by atoms with Crippen molar-refractivity contribution in [1.82, 2.24) is 5.32 Å². The molecule has 0 aromatic heterocycles. The molecule has 1 aliphatic heterocycles. The Morgan fingerprint density at radius 2 is 2.00 bits per heavy atom. The molecule has 5 heteroatoms. The zero-order chi connectivity index (χ0) is 12.8. The summed E-state index contributed by atoms with van der Waals surface area (Å²) in [4.78, 5) is 12.0. The zero-order valence-electron chi connectivity index (χ0n) is 10.9. The average Bonchev–Trinajstić information content (AvgIpc) is 2.67. The fourth-order valence-electron chi connectivity index (χ4n) is 2.11. The van der Waals surface area contributed by atoms with Gasteiger partial charge in [-0.2, -0.15) is 0 Å². The van der Waals surface area contributed by atoms with E-state index in [1.165, 1.54) is 0 Å². The van der Waals surface area contributed by atoms with Crippen LogP contribution in [0.1, 0.15) is 35.2 Å². The molecule has 1 saturated heterocycles. The van der Waals surface area contributed by atoms with E-state index in [0.717, 1.165) is 38.0 Å². The molecule has 0 radical (unpaired) electrons. The second-order valence-corrected chi connectivity index (χ2v) is 4.61. The predicted molar refractivity (Wildman–Crippen MR) is 77.5 cm³/mol. The maximum atomic E-state index is 12.0. The number of nitrogens with two attached hydrogens (primary N) is 1. The minimum Gasteiger partial charge on any atom is -0.381 e. The van der Waals surface area contributed by atoms with Crippen molar-refractivity contribution in [2.75, 3.05) is 13.2 Å². The first-order valence-electron chi connectivity index (χ1n) is 6.47. The van der Waals surface area contributed by atoms with E-state index in [2.05, 4.69) is 5.32 Å². The van der Waals surface area contributed by atoms with E-state index in [4.69, 9.17) is 10.5 Å². The minimum atomic E-state index is -0.00882. The first-order valence-corrected chi connectivity index (χ1v) is 6.47. The Hall–Kier alpha value is -1.10. The number of rotatable bonds is 3. The van der Waals surface area contributed by atoms with Gasteiger partial charge in [0.2, 0.25) is 0 Å². The van der Waals surface area contributed by atoms with Gasteiger partial charge in [0.1, 0.15) is 0 Å². The molecule has 1 aliphatic rings. The molecule has 1 unspecified atom stereocenters. The van der Waals surface area contributed by atoms with Crippen LogP contribution in [0.15, 0.2) is 24.3 Å². The van der Waals surface area contributed by atoms with Crippen LogP contribution in [-0.2, 0) is 11.3 Å². The number of carbonyl (C=O) groups is 1. The van der Waals surface area contributed by atoms with Crippen molar-refractivity contribution in [1.29, 1.82) is 0 Å². The van der Waals surface area contributed by atoms with Crippen molar-refractivity contribution >= 4 is 18.3 Å². The van der Waals surface area contributed by atoms with Crippen molar-refractivity contribution in [3.05, 3.63) is 35.4 Å². The normalized spacial score (nSPS) is 19.1. The number of carbonyl (C=O) groups excluding carboxylic acids is 1. The molecular weight excluding hydrogens is 264 g/mol. The molecule has 1 aromatic rings. The Bertz CT molecular complexity index is 387. The van der Waals surface area contributed by atoms with Crippen molar-refractivity contribution in [3.8, 4) is 0 Å². The summed E-state index contributed by atoms with van der Waals surface area (Å²) in [6.07, 6.45) is 2.90. The van der Waals surface area contributed by atoms with Gasteiger partial charge in [-0.3, -0.25) is 4.79 Å². The Kier molecular flexibility index (Phi) is 6.84. The van der Waals surface area contributed by atoms with Gasteiger partial charge in [0.15, 0.2) is 0 Å². The SMILES string of the molecule is Cl.NCc1ccc(C(=O)NC2CCCOCC2)cc1. The van der Waals surface area contributed by atoms with Gasteiger partial charge in [-0.15, -0.1) is 12.4 Å². The Labute approximate surface area is 120 Å². The molecule has 0 bridgehead atoms.